The molecule has 0 saturated carbocycles. The number of halogens is 3. The molecular weight excluding hydrogens is 343 g/mol. The number of nitrogen functional groups attached to an aromatic ring is 1. The van der Waals surface area contributed by atoms with Gasteiger partial charge in [0.2, 0.25) is 0 Å². The van der Waals surface area contributed by atoms with E-state index in [2.05, 4.69) is 4.74 Å². The monoisotopic (exact) mass is 359 g/mol. The molecule has 0 aliphatic heterocycles. The minimum atomic E-state index is -4.70. The highest BCUT2D eigenvalue weighted by molar-refractivity contribution is 5.82. The van der Waals surface area contributed by atoms with E-state index in [1.807, 2.05) is 36.4 Å². The lowest BCUT2D eigenvalue weighted by molar-refractivity contribution is -0.274. The van der Waals surface area contributed by atoms with Gasteiger partial charge in [-0.25, -0.2) is 0 Å². The molecule has 0 fully saturated rings. The normalized spacial score (nSPS) is 11.2. The van der Waals surface area contributed by atoms with Crippen LogP contribution in [0.4, 0.5) is 18.9 Å². The van der Waals surface area contributed by atoms with Crippen molar-refractivity contribution in [1.82, 2.24) is 0 Å². The van der Waals surface area contributed by atoms with Crippen LogP contribution in [0.5, 0.6) is 11.5 Å². The molecule has 0 unspecified atom stereocenters. The van der Waals surface area contributed by atoms with Crippen molar-refractivity contribution in [3.63, 3.8) is 0 Å². The first-order valence-electron chi connectivity index (χ1n) is 7.76. The van der Waals surface area contributed by atoms with Crippen molar-refractivity contribution in [3.8, 4) is 33.8 Å². The Morgan fingerprint density at radius 3 is 1.85 bits per heavy atom. The van der Waals surface area contributed by atoms with E-state index in [-0.39, 0.29) is 5.75 Å². The molecule has 3 rings (SSSR count). The van der Waals surface area contributed by atoms with E-state index in [0.717, 1.165) is 28.0 Å². The number of nitrogens with two attached hydrogens (primary N) is 1. The maximum atomic E-state index is 12.3. The average Bonchev–Trinajstić information content (AvgIpc) is 2.62. The second-order valence-corrected chi connectivity index (χ2v) is 5.60. The van der Waals surface area contributed by atoms with Crippen LogP contribution in [0.2, 0.25) is 0 Å². The third-order valence-corrected chi connectivity index (χ3v) is 3.88. The minimum absolute atomic E-state index is 0.257. The van der Waals surface area contributed by atoms with E-state index >= 15 is 0 Å². The van der Waals surface area contributed by atoms with E-state index in [1.165, 1.54) is 12.1 Å². The van der Waals surface area contributed by atoms with E-state index in [4.69, 9.17) is 10.5 Å². The summed E-state index contributed by atoms with van der Waals surface area (Å²) in [6.07, 6.45) is -4.70. The van der Waals surface area contributed by atoms with Crippen molar-refractivity contribution in [2.75, 3.05) is 12.8 Å². The van der Waals surface area contributed by atoms with E-state index in [0.29, 0.717) is 5.69 Å². The maximum Gasteiger partial charge on any atom is 0.573 e. The van der Waals surface area contributed by atoms with E-state index in [9.17, 15) is 13.2 Å². The summed E-state index contributed by atoms with van der Waals surface area (Å²) in [5, 5.41) is 0. The zero-order valence-corrected chi connectivity index (χ0v) is 13.9. The van der Waals surface area contributed by atoms with Crippen LogP contribution in [0.15, 0.2) is 66.7 Å². The second-order valence-electron chi connectivity index (χ2n) is 5.60. The predicted molar refractivity (Wildman–Crippen MR) is 95.0 cm³/mol. The van der Waals surface area contributed by atoms with Gasteiger partial charge in [-0.15, -0.1) is 13.2 Å². The van der Waals surface area contributed by atoms with Crippen LogP contribution in [0.25, 0.3) is 22.3 Å². The maximum absolute atomic E-state index is 12.3. The first-order chi connectivity index (χ1) is 12.4. The van der Waals surface area contributed by atoms with Crippen LogP contribution >= 0.6 is 0 Å². The molecule has 0 bridgehead atoms. The Labute approximate surface area is 148 Å². The number of hydrogen-bond acceptors (Lipinski definition) is 3. The minimum Gasteiger partial charge on any atom is -0.497 e. The lowest BCUT2D eigenvalue weighted by Gasteiger charge is -2.12. The van der Waals surface area contributed by atoms with Gasteiger partial charge in [0, 0.05) is 11.3 Å². The molecule has 134 valence electrons. The first-order valence-corrected chi connectivity index (χ1v) is 7.76. The molecule has 0 aliphatic carbocycles. The molecule has 0 amide bonds. The van der Waals surface area contributed by atoms with Gasteiger partial charge in [0.1, 0.15) is 11.5 Å². The number of alkyl halides is 3. The van der Waals surface area contributed by atoms with Crippen LogP contribution < -0.4 is 15.2 Å². The van der Waals surface area contributed by atoms with Gasteiger partial charge in [0.05, 0.1) is 7.11 Å². The van der Waals surface area contributed by atoms with Gasteiger partial charge in [-0.3, -0.25) is 0 Å². The summed E-state index contributed by atoms with van der Waals surface area (Å²) in [6, 6.07) is 18.7. The summed E-state index contributed by atoms with van der Waals surface area (Å²) in [6.45, 7) is 0. The van der Waals surface area contributed by atoms with Gasteiger partial charge in [0.15, 0.2) is 0 Å². The van der Waals surface area contributed by atoms with Crippen LogP contribution in [-0.4, -0.2) is 13.5 Å². The molecule has 0 saturated heterocycles. The molecule has 0 heterocycles. The van der Waals surface area contributed by atoms with Gasteiger partial charge < -0.3 is 15.2 Å². The number of methoxy groups -OCH3 is 1. The molecule has 0 spiro atoms. The van der Waals surface area contributed by atoms with Crippen molar-refractivity contribution >= 4 is 5.69 Å². The van der Waals surface area contributed by atoms with Gasteiger partial charge in [-0.05, 0) is 53.1 Å². The second kappa shape index (κ2) is 7.00. The third-order valence-electron chi connectivity index (χ3n) is 3.88. The molecule has 6 heteroatoms. The first kappa shape index (κ1) is 17.7. The van der Waals surface area contributed by atoms with Crippen molar-refractivity contribution < 1.29 is 22.6 Å². The Hall–Kier alpha value is -3.15. The number of ether oxygens (including phenoxy) is 2. The van der Waals surface area contributed by atoms with Crippen LogP contribution in [0.1, 0.15) is 0 Å². The highest BCUT2D eigenvalue weighted by Crippen LogP contribution is 2.33. The molecule has 3 nitrogen and oxygen atoms in total. The predicted octanol–water partition coefficient (Wildman–Crippen LogP) is 5.51. The van der Waals surface area contributed by atoms with Gasteiger partial charge >= 0.3 is 6.36 Å². The molecule has 2 N–H and O–H groups in total. The van der Waals surface area contributed by atoms with Gasteiger partial charge in [-0.2, -0.15) is 0 Å². The fourth-order valence-corrected chi connectivity index (χ4v) is 2.61. The Balaban J connectivity index is 1.91. The lowest BCUT2D eigenvalue weighted by atomic mass is 9.97. The summed E-state index contributed by atoms with van der Waals surface area (Å²) in [5.41, 5.74) is 10.0. The standard InChI is InChI=1S/C20H16F3NO2/c1-25-16-7-4-14(5-8-16)18-12-15(6-11-19(18)24)13-2-9-17(10-3-13)26-20(21,22)23/h2-12H,24H2,1H3. The van der Waals surface area contributed by atoms with Crippen molar-refractivity contribution in [1.29, 1.82) is 0 Å². The van der Waals surface area contributed by atoms with Crippen LogP contribution in [-0.2, 0) is 0 Å². The molecule has 0 radical (unpaired) electrons. The zero-order chi connectivity index (χ0) is 18.7. The van der Waals surface area contributed by atoms with Crippen molar-refractivity contribution in [3.05, 3.63) is 66.7 Å². The summed E-state index contributed by atoms with van der Waals surface area (Å²) in [7, 11) is 1.59. The Morgan fingerprint density at radius 1 is 0.731 bits per heavy atom. The Morgan fingerprint density at radius 2 is 1.27 bits per heavy atom. The molecule has 0 aromatic heterocycles. The summed E-state index contributed by atoms with van der Waals surface area (Å²) >= 11 is 0. The van der Waals surface area contributed by atoms with Crippen LogP contribution in [0, 0.1) is 0 Å². The third kappa shape index (κ3) is 4.08. The molecule has 0 atom stereocenters. The highest BCUT2D eigenvalue weighted by Gasteiger charge is 2.30. The molecule has 3 aromatic carbocycles. The molecular formula is C20H16F3NO2. The van der Waals surface area contributed by atoms with Crippen molar-refractivity contribution in [2.45, 2.75) is 6.36 Å². The largest absolute Gasteiger partial charge is 0.573 e. The zero-order valence-electron chi connectivity index (χ0n) is 13.9. The number of hydrogen-bond donors (Lipinski definition) is 1. The molecule has 3 aromatic rings. The molecule has 0 aliphatic rings. The number of benzene rings is 3. The topological polar surface area (TPSA) is 44.5 Å². The SMILES string of the molecule is COc1ccc(-c2cc(-c3ccc(OC(F)(F)F)cc3)ccc2N)cc1. The summed E-state index contributed by atoms with van der Waals surface area (Å²) in [4.78, 5) is 0. The van der Waals surface area contributed by atoms with Gasteiger partial charge in [0.25, 0.3) is 0 Å². The fourth-order valence-electron chi connectivity index (χ4n) is 2.61. The average molecular weight is 359 g/mol. The van der Waals surface area contributed by atoms with Crippen molar-refractivity contribution in [2.24, 2.45) is 0 Å². The Bertz CT molecular complexity index is 888. The lowest BCUT2D eigenvalue weighted by Crippen LogP contribution is -2.16. The number of rotatable bonds is 4. The summed E-state index contributed by atoms with van der Waals surface area (Å²) in [5.74, 6) is 0.482. The van der Waals surface area contributed by atoms with E-state index in [1.54, 1.807) is 25.3 Å². The van der Waals surface area contributed by atoms with Gasteiger partial charge in [-0.1, -0.05) is 30.3 Å². The quantitative estimate of drug-likeness (QED) is 0.625. The number of anilines is 1. The fraction of sp³-hybridized carbons (Fsp3) is 0.100. The van der Waals surface area contributed by atoms with Crippen LogP contribution in [0.3, 0.4) is 0 Å². The van der Waals surface area contributed by atoms with E-state index < -0.39 is 6.36 Å². The smallest absolute Gasteiger partial charge is 0.497 e. The molecule has 26 heavy (non-hydrogen) atoms. The summed E-state index contributed by atoms with van der Waals surface area (Å²) < 4.78 is 45.8. The highest BCUT2D eigenvalue weighted by atomic mass is 19.4. The Kier molecular flexibility index (Phi) is 4.75.